The molecule has 0 radical (unpaired) electrons. The maximum Gasteiger partial charge on any atom is 0.337 e. The van der Waals surface area contributed by atoms with Crippen LogP contribution in [0, 0.1) is 5.92 Å². The maximum absolute atomic E-state index is 12.8. The predicted octanol–water partition coefficient (Wildman–Crippen LogP) is 2.98. The summed E-state index contributed by atoms with van der Waals surface area (Å²) in [6.45, 7) is 4.98. The van der Waals surface area contributed by atoms with Crippen LogP contribution in [-0.2, 0) is 26.0 Å². The first-order chi connectivity index (χ1) is 15.3. The Hall–Kier alpha value is -2.68. The van der Waals surface area contributed by atoms with Crippen molar-refractivity contribution in [3.8, 4) is 11.1 Å². The first kappa shape index (κ1) is 22.5. The van der Waals surface area contributed by atoms with Gasteiger partial charge in [-0.05, 0) is 43.4 Å². The molecule has 0 saturated heterocycles. The number of nitrogens with zero attached hydrogens (tertiary/aromatic N) is 1. The summed E-state index contributed by atoms with van der Waals surface area (Å²) in [5, 5.41) is 7.49. The summed E-state index contributed by atoms with van der Waals surface area (Å²) < 4.78 is 29.3. The lowest BCUT2D eigenvalue weighted by Gasteiger charge is -2.25. The van der Waals surface area contributed by atoms with E-state index < -0.39 is 10.0 Å². The highest BCUT2D eigenvalue weighted by molar-refractivity contribution is 7.89. The molecule has 0 spiro atoms. The number of allylic oxidation sites excluding steroid dienone is 1. The topological polar surface area (TPSA) is 102 Å². The summed E-state index contributed by atoms with van der Waals surface area (Å²) in [7, 11) is -3.82. The molecule has 7 nitrogen and oxygen atoms in total. The van der Waals surface area contributed by atoms with Gasteiger partial charge in [-0.3, -0.25) is 0 Å². The van der Waals surface area contributed by atoms with Gasteiger partial charge in [0.15, 0.2) is 0 Å². The van der Waals surface area contributed by atoms with Gasteiger partial charge in [0.25, 0.3) is 0 Å². The molecule has 2 aromatic rings. The van der Waals surface area contributed by atoms with E-state index in [2.05, 4.69) is 17.4 Å². The van der Waals surface area contributed by atoms with Crippen molar-refractivity contribution >= 4 is 16.0 Å². The number of ether oxygens (including phenoxy) is 1. The fraction of sp³-hybridized carbons (Fsp3) is 0.375. The minimum Gasteiger partial charge on any atom is -0.463 e. The molecule has 3 N–H and O–H groups in total. The minimum absolute atomic E-state index is 0.103. The molecule has 0 bridgehead atoms. The molecule has 2 aliphatic rings. The molecule has 1 atom stereocenters. The van der Waals surface area contributed by atoms with E-state index in [1.54, 1.807) is 18.2 Å². The van der Waals surface area contributed by atoms with Crippen LogP contribution in [-0.4, -0.2) is 38.6 Å². The van der Waals surface area contributed by atoms with Gasteiger partial charge in [0, 0.05) is 23.7 Å². The molecule has 2 aromatic carbocycles. The summed E-state index contributed by atoms with van der Waals surface area (Å²) in [6.07, 6.45) is 2.82. The number of benzene rings is 2. The quantitative estimate of drug-likeness (QED) is 0.594. The Labute approximate surface area is 189 Å². The van der Waals surface area contributed by atoms with Gasteiger partial charge >= 0.3 is 5.97 Å². The number of carbonyl (C=O) groups is 1. The third-order valence-electron chi connectivity index (χ3n) is 5.97. The smallest absolute Gasteiger partial charge is 0.337 e. The Balaban J connectivity index is 1.62. The summed E-state index contributed by atoms with van der Waals surface area (Å²) >= 11 is 0. The van der Waals surface area contributed by atoms with Gasteiger partial charge in [-0.15, -0.1) is 0 Å². The molecule has 1 heterocycles. The molecule has 1 fully saturated rings. The van der Waals surface area contributed by atoms with Crippen LogP contribution in [0.5, 0.6) is 0 Å². The monoisotopic (exact) mass is 455 g/mol. The number of carbonyl (C=O) groups excluding carboxylic acids is 1. The van der Waals surface area contributed by atoms with Gasteiger partial charge in [-0.25, -0.2) is 23.4 Å². The van der Waals surface area contributed by atoms with E-state index in [4.69, 9.17) is 9.88 Å². The van der Waals surface area contributed by atoms with Crippen molar-refractivity contribution in [1.29, 1.82) is 0 Å². The molecule has 0 amide bonds. The minimum atomic E-state index is -3.82. The Kier molecular flexibility index (Phi) is 6.37. The largest absolute Gasteiger partial charge is 0.463 e. The van der Waals surface area contributed by atoms with Crippen LogP contribution in [0.15, 0.2) is 64.7 Å². The van der Waals surface area contributed by atoms with Crippen LogP contribution in [0.3, 0.4) is 0 Å². The zero-order valence-electron chi connectivity index (χ0n) is 18.4. The zero-order valence-corrected chi connectivity index (χ0v) is 19.2. The second kappa shape index (κ2) is 9.05. The Bertz CT molecular complexity index is 1140. The van der Waals surface area contributed by atoms with E-state index in [0.29, 0.717) is 24.5 Å². The third-order valence-corrected chi connectivity index (χ3v) is 6.94. The van der Waals surface area contributed by atoms with Gasteiger partial charge in [0.1, 0.15) is 0 Å². The normalized spacial score (nSPS) is 19.2. The van der Waals surface area contributed by atoms with Crippen LogP contribution < -0.4 is 10.6 Å². The van der Waals surface area contributed by atoms with Gasteiger partial charge in [0.05, 0.1) is 23.1 Å². The van der Waals surface area contributed by atoms with Crippen molar-refractivity contribution in [2.45, 2.75) is 44.0 Å². The molecular formula is C24H29N3O4S. The number of esters is 1. The van der Waals surface area contributed by atoms with Crippen LogP contribution in [0.1, 0.15) is 32.3 Å². The lowest BCUT2D eigenvalue weighted by Crippen LogP contribution is -2.41. The lowest BCUT2D eigenvalue weighted by molar-refractivity contribution is -0.139. The highest BCUT2D eigenvalue weighted by atomic mass is 32.2. The zero-order chi connectivity index (χ0) is 22.9. The molecule has 1 saturated carbocycles. The average molecular weight is 456 g/mol. The van der Waals surface area contributed by atoms with Crippen LogP contribution >= 0.6 is 0 Å². The summed E-state index contributed by atoms with van der Waals surface area (Å²) in [4.78, 5) is 12.9. The lowest BCUT2D eigenvalue weighted by atomic mass is 9.95. The summed E-state index contributed by atoms with van der Waals surface area (Å²) in [5.74, 6) is 0.159. The molecule has 32 heavy (non-hydrogen) atoms. The van der Waals surface area contributed by atoms with E-state index in [0.717, 1.165) is 41.8 Å². The number of hydrogen-bond acceptors (Lipinski definition) is 6. The molecule has 1 unspecified atom stereocenters. The Morgan fingerprint density at radius 2 is 1.81 bits per heavy atom. The van der Waals surface area contributed by atoms with Gasteiger partial charge < -0.3 is 10.2 Å². The summed E-state index contributed by atoms with van der Waals surface area (Å²) in [5.41, 5.74) is 7.59. The molecule has 0 aromatic heterocycles. The van der Waals surface area contributed by atoms with Crippen molar-refractivity contribution in [3.63, 3.8) is 0 Å². The van der Waals surface area contributed by atoms with Crippen LogP contribution in [0.25, 0.3) is 11.1 Å². The van der Waals surface area contributed by atoms with Crippen LogP contribution in [0.2, 0.25) is 0 Å². The third kappa shape index (κ3) is 4.57. The molecule has 1 aliphatic carbocycles. The van der Waals surface area contributed by atoms with E-state index in [9.17, 15) is 13.2 Å². The van der Waals surface area contributed by atoms with Crippen molar-refractivity contribution in [1.82, 2.24) is 10.4 Å². The number of sulfonamides is 1. The van der Waals surface area contributed by atoms with Gasteiger partial charge in [-0.2, -0.15) is 0 Å². The van der Waals surface area contributed by atoms with E-state index in [1.807, 2.05) is 31.2 Å². The average Bonchev–Trinajstić information content (AvgIpc) is 3.55. The second-order valence-corrected chi connectivity index (χ2v) is 9.71. The first-order valence-electron chi connectivity index (χ1n) is 11.0. The van der Waals surface area contributed by atoms with E-state index in [-0.39, 0.29) is 16.9 Å². The number of hydrogen-bond donors (Lipinski definition) is 2. The highest BCUT2D eigenvalue weighted by Crippen LogP contribution is 2.41. The number of nitrogens with one attached hydrogen (secondary N) is 1. The van der Waals surface area contributed by atoms with Crippen molar-refractivity contribution in [3.05, 3.63) is 65.4 Å². The second-order valence-electron chi connectivity index (χ2n) is 8.18. The molecular weight excluding hydrogens is 426 g/mol. The van der Waals surface area contributed by atoms with Gasteiger partial charge in [-0.1, -0.05) is 49.4 Å². The number of rotatable bonds is 8. The fourth-order valence-corrected chi connectivity index (χ4v) is 5.04. The molecule has 1 aliphatic heterocycles. The number of likely N-dealkylation sites (N-methyl/N-ethyl adjacent to an activating group) is 1. The standard InChI is InChI=1S/C24H29N3O4S/c1-3-27-20(22(24(28)31-4-2)23(26-27)18-13-14-18)15-16-9-11-17(12-10-16)19-7-5-6-8-21(19)32(25,29)30/h5-12,18,20,26H,3-4,13-15H2,1-2H3,(H2,25,29,30). The predicted molar refractivity (Wildman–Crippen MR) is 123 cm³/mol. The van der Waals surface area contributed by atoms with E-state index in [1.165, 1.54) is 6.07 Å². The van der Waals surface area contributed by atoms with Crippen molar-refractivity contribution in [2.24, 2.45) is 11.1 Å². The molecule has 8 heteroatoms. The van der Waals surface area contributed by atoms with E-state index >= 15 is 0 Å². The number of primary sulfonamides is 1. The van der Waals surface area contributed by atoms with Crippen molar-refractivity contribution < 1.29 is 17.9 Å². The SMILES string of the molecule is CCOC(=O)C1=C(C2CC2)NN(CC)C1Cc1ccc(-c2ccccc2S(N)(=O)=O)cc1. The Morgan fingerprint density at radius 3 is 2.41 bits per heavy atom. The Morgan fingerprint density at radius 1 is 1.12 bits per heavy atom. The molecule has 170 valence electrons. The maximum atomic E-state index is 12.8. The summed E-state index contributed by atoms with van der Waals surface area (Å²) in [6, 6.07) is 14.3. The first-order valence-corrected chi connectivity index (χ1v) is 12.5. The highest BCUT2D eigenvalue weighted by Gasteiger charge is 2.42. The fourth-order valence-electron chi connectivity index (χ4n) is 4.27. The van der Waals surface area contributed by atoms with Gasteiger partial charge in [0.2, 0.25) is 10.0 Å². The van der Waals surface area contributed by atoms with Crippen LogP contribution in [0.4, 0.5) is 0 Å². The number of nitrogens with two attached hydrogens (primary N) is 1. The molecule has 4 rings (SSSR count). The number of hydrazine groups is 1. The van der Waals surface area contributed by atoms with Crippen molar-refractivity contribution in [2.75, 3.05) is 13.2 Å².